The van der Waals surface area contributed by atoms with E-state index in [1.54, 1.807) is 36.1 Å². The van der Waals surface area contributed by atoms with E-state index in [1.807, 2.05) is 13.8 Å². The number of anilines is 1. The number of nitrogens with one attached hydrogen (secondary N) is 1. The van der Waals surface area contributed by atoms with Crippen LogP contribution in [0.5, 0.6) is 0 Å². The van der Waals surface area contributed by atoms with Gasteiger partial charge in [0, 0.05) is 30.8 Å². The quantitative estimate of drug-likeness (QED) is 0.864. The van der Waals surface area contributed by atoms with Gasteiger partial charge >= 0.3 is 0 Å². The van der Waals surface area contributed by atoms with Crippen LogP contribution in [0.15, 0.2) is 24.3 Å². The minimum Gasteiger partial charge on any atom is -0.392 e. The van der Waals surface area contributed by atoms with Crippen LogP contribution in [-0.2, 0) is 4.79 Å². The summed E-state index contributed by atoms with van der Waals surface area (Å²) in [6.07, 6.45) is -0.583. The molecule has 5 nitrogen and oxygen atoms in total. The number of hydrogen-bond acceptors (Lipinski definition) is 3. The number of aliphatic hydroxyl groups is 1. The molecule has 0 heterocycles. The van der Waals surface area contributed by atoms with Crippen molar-refractivity contribution in [3.63, 3.8) is 0 Å². The second kappa shape index (κ2) is 7.05. The van der Waals surface area contributed by atoms with Crippen molar-refractivity contribution in [2.75, 3.05) is 11.9 Å². The van der Waals surface area contributed by atoms with Gasteiger partial charge < -0.3 is 15.3 Å². The molecule has 0 radical (unpaired) electrons. The second-order valence-electron chi connectivity index (χ2n) is 5.16. The molecule has 110 valence electrons. The summed E-state index contributed by atoms with van der Waals surface area (Å²) in [5, 5.41) is 12.1. The molecule has 0 aliphatic rings. The van der Waals surface area contributed by atoms with E-state index in [4.69, 9.17) is 0 Å². The maximum Gasteiger partial charge on any atom is 0.254 e. The fourth-order valence-electron chi connectivity index (χ4n) is 1.91. The summed E-state index contributed by atoms with van der Waals surface area (Å²) < 4.78 is 0. The van der Waals surface area contributed by atoms with Crippen LogP contribution in [0.1, 0.15) is 38.1 Å². The number of hydrogen-bond donors (Lipinski definition) is 2. The minimum atomic E-state index is -0.583. The van der Waals surface area contributed by atoms with E-state index in [-0.39, 0.29) is 24.4 Å². The Morgan fingerprint density at radius 2 is 1.95 bits per heavy atom. The normalized spacial score (nSPS) is 12.1. The standard InChI is InChI=1S/C15H22N2O3/c1-10(2)17(9-11(3)18)15(20)13-6-5-7-14(8-13)16-12(4)19/h5-8,10-11,18H,9H2,1-4H3,(H,16,19). The number of benzene rings is 1. The number of rotatable bonds is 5. The average molecular weight is 278 g/mol. The van der Waals surface area contributed by atoms with Gasteiger partial charge in [-0.2, -0.15) is 0 Å². The molecule has 5 heteroatoms. The van der Waals surface area contributed by atoms with Gasteiger partial charge in [-0.15, -0.1) is 0 Å². The maximum atomic E-state index is 12.5. The van der Waals surface area contributed by atoms with Crippen molar-refractivity contribution in [2.45, 2.75) is 39.8 Å². The highest BCUT2D eigenvalue weighted by Crippen LogP contribution is 2.14. The highest BCUT2D eigenvalue weighted by atomic mass is 16.3. The lowest BCUT2D eigenvalue weighted by molar-refractivity contribution is -0.114. The molecular formula is C15H22N2O3. The maximum absolute atomic E-state index is 12.5. The molecule has 0 fully saturated rings. The first-order valence-electron chi connectivity index (χ1n) is 6.68. The molecule has 0 spiro atoms. The van der Waals surface area contributed by atoms with Crippen LogP contribution in [-0.4, -0.2) is 40.5 Å². The zero-order valence-corrected chi connectivity index (χ0v) is 12.4. The first-order chi connectivity index (χ1) is 9.31. The lowest BCUT2D eigenvalue weighted by Crippen LogP contribution is -2.41. The lowest BCUT2D eigenvalue weighted by atomic mass is 10.1. The van der Waals surface area contributed by atoms with Gasteiger partial charge in [-0.1, -0.05) is 6.07 Å². The minimum absolute atomic E-state index is 0.0125. The van der Waals surface area contributed by atoms with Gasteiger partial charge in [0.05, 0.1) is 6.10 Å². The zero-order chi connectivity index (χ0) is 15.3. The largest absolute Gasteiger partial charge is 0.392 e. The van der Waals surface area contributed by atoms with Crippen LogP contribution in [0.2, 0.25) is 0 Å². The first kappa shape index (κ1) is 16.2. The topological polar surface area (TPSA) is 69.6 Å². The van der Waals surface area contributed by atoms with Crippen molar-refractivity contribution in [1.29, 1.82) is 0 Å². The number of carbonyl (C=O) groups is 2. The summed E-state index contributed by atoms with van der Waals surface area (Å²) >= 11 is 0. The smallest absolute Gasteiger partial charge is 0.254 e. The van der Waals surface area contributed by atoms with Gasteiger partial charge in [0.15, 0.2) is 0 Å². The Morgan fingerprint density at radius 3 is 2.45 bits per heavy atom. The zero-order valence-electron chi connectivity index (χ0n) is 12.4. The predicted molar refractivity (Wildman–Crippen MR) is 78.6 cm³/mol. The van der Waals surface area contributed by atoms with Crippen LogP contribution in [0, 0.1) is 0 Å². The Hall–Kier alpha value is -1.88. The molecule has 0 bridgehead atoms. The van der Waals surface area contributed by atoms with Crippen LogP contribution in [0.25, 0.3) is 0 Å². The molecular weight excluding hydrogens is 256 g/mol. The summed E-state index contributed by atoms with van der Waals surface area (Å²) in [5.41, 5.74) is 1.08. The van der Waals surface area contributed by atoms with Crippen molar-refractivity contribution < 1.29 is 14.7 Å². The van der Waals surface area contributed by atoms with Crippen LogP contribution in [0.4, 0.5) is 5.69 Å². The van der Waals surface area contributed by atoms with Crippen molar-refractivity contribution in [2.24, 2.45) is 0 Å². The molecule has 1 unspecified atom stereocenters. The van der Waals surface area contributed by atoms with E-state index in [1.165, 1.54) is 6.92 Å². The Kier molecular flexibility index (Phi) is 5.70. The molecule has 1 aromatic rings. The summed E-state index contributed by atoms with van der Waals surface area (Å²) in [6.45, 7) is 7.15. The van der Waals surface area contributed by atoms with Crippen molar-refractivity contribution in [3.05, 3.63) is 29.8 Å². The van der Waals surface area contributed by atoms with Crippen molar-refractivity contribution in [1.82, 2.24) is 4.90 Å². The third-order valence-electron chi connectivity index (χ3n) is 2.78. The Morgan fingerprint density at radius 1 is 1.30 bits per heavy atom. The predicted octanol–water partition coefficient (Wildman–Crippen LogP) is 1.88. The molecule has 1 aromatic carbocycles. The SMILES string of the molecule is CC(=O)Nc1cccc(C(=O)N(CC(C)O)C(C)C)c1. The van der Waals surface area contributed by atoms with Crippen molar-refractivity contribution >= 4 is 17.5 Å². The third kappa shape index (κ3) is 4.66. The molecule has 0 aromatic heterocycles. The molecule has 2 N–H and O–H groups in total. The Bertz CT molecular complexity index is 484. The Balaban J connectivity index is 2.96. The first-order valence-corrected chi connectivity index (χ1v) is 6.68. The van der Waals surface area contributed by atoms with Crippen molar-refractivity contribution in [3.8, 4) is 0 Å². The molecule has 0 aliphatic heterocycles. The Labute approximate surface area is 119 Å². The molecule has 0 saturated carbocycles. The van der Waals surface area contributed by atoms with Gasteiger partial charge in [0.2, 0.25) is 5.91 Å². The van der Waals surface area contributed by atoms with Gasteiger partial charge in [-0.25, -0.2) is 0 Å². The number of amides is 2. The number of aliphatic hydroxyl groups excluding tert-OH is 1. The molecule has 1 atom stereocenters. The fraction of sp³-hybridized carbons (Fsp3) is 0.467. The van der Waals surface area contributed by atoms with Gasteiger partial charge in [0.25, 0.3) is 5.91 Å². The molecule has 0 aliphatic carbocycles. The van der Waals surface area contributed by atoms with Crippen LogP contribution < -0.4 is 5.32 Å². The van der Waals surface area contributed by atoms with E-state index >= 15 is 0 Å². The van der Waals surface area contributed by atoms with Gasteiger partial charge in [0.1, 0.15) is 0 Å². The second-order valence-corrected chi connectivity index (χ2v) is 5.16. The lowest BCUT2D eigenvalue weighted by Gasteiger charge is -2.28. The summed E-state index contributed by atoms with van der Waals surface area (Å²) in [6, 6.07) is 6.78. The van der Waals surface area contributed by atoms with E-state index in [9.17, 15) is 14.7 Å². The number of nitrogens with zero attached hydrogens (tertiary/aromatic N) is 1. The van der Waals surface area contributed by atoms with E-state index in [0.29, 0.717) is 11.3 Å². The van der Waals surface area contributed by atoms with E-state index < -0.39 is 6.10 Å². The number of carbonyl (C=O) groups excluding carboxylic acids is 2. The van der Waals surface area contributed by atoms with E-state index in [2.05, 4.69) is 5.32 Å². The molecule has 1 rings (SSSR count). The fourth-order valence-corrected chi connectivity index (χ4v) is 1.91. The van der Waals surface area contributed by atoms with Crippen LogP contribution >= 0.6 is 0 Å². The highest BCUT2D eigenvalue weighted by Gasteiger charge is 2.20. The molecule has 20 heavy (non-hydrogen) atoms. The van der Waals surface area contributed by atoms with Crippen LogP contribution in [0.3, 0.4) is 0 Å². The summed E-state index contributed by atoms with van der Waals surface area (Å²) in [5.74, 6) is -0.340. The van der Waals surface area contributed by atoms with E-state index in [0.717, 1.165) is 0 Å². The monoisotopic (exact) mass is 278 g/mol. The summed E-state index contributed by atoms with van der Waals surface area (Å²) in [7, 11) is 0. The summed E-state index contributed by atoms with van der Waals surface area (Å²) in [4.78, 5) is 25.1. The van der Waals surface area contributed by atoms with Gasteiger partial charge in [-0.3, -0.25) is 9.59 Å². The molecule has 0 saturated heterocycles. The highest BCUT2D eigenvalue weighted by molar-refractivity contribution is 5.97. The molecule has 2 amide bonds. The average Bonchev–Trinajstić information content (AvgIpc) is 2.34. The van der Waals surface area contributed by atoms with Gasteiger partial charge in [-0.05, 0) is 39.0 Å². The third-order valence-corrected chi connectivity index (χ3v) is 2.78.